The molecule has 2 amide bonds. The van der Waals surface area contributed by atoms with Gasteiger partial charge in [0.1, 0.15) is 18.2 Å². The van der Waals surface area contributed by atoms with Gasteiger partial charge in [0.05, 0.1) is 18.7 Å². The van der Waals surface area contributed by atoms with E-state index < -0.39 is 41.9 Å². The van der Waals surface area contributed by atoms with Gasteiger partial charge < -0.3 is 24.2 Å². The first kappa shape index (κ1) is 27.4. The highest BCUT2D eigenvalue weighted by molar-refractivity contribution is 5.81. The van der Waals surface area contributed by atoms with Crippen LogP contribution in [0.25, 0.3) is 11.1 Å². The number of aliphatic carboxylic acids is 1. The largest absolute Gasteiger partial charge is 0.480 e. The summed E-state index contributed by atoms with van der Waals surface area (Å²) in [6.07, 6.45) is -1.73. The van der Waals surface area contributed by atoms with E-state index in [9.17, 15) is 19.5 Å². The SMILES string of the molecule is CCC(C(=O)O)N(C(=O)OCC1c2ccccc2-c2ccccc21)[C@@H]1CN(C(=O)OC(C)(C)C)C[C@H]1OC. The van der Waals surface area contributed by atoms with Crippen molar-refractivity contribution in [3.8, 4) is 11.1 Å². The van der Waals surface area contributed by atoms with Crippen LogP contribution in [-0.4, -0.2) is 83.7 Å². The summed E-state index contributed by atoms with van der Waals surface area (Å²) in [7, 11) is 1.48. The van der Waals surface area contributed by atoms with E-state index in [4.69, 9.17) is 14.2 Å². The van der Waals surface area contributed by atoms with Crippen LogP contribution in [0, 0.1) is 0 Å². The number of carbonyl (C=O) groups excluding carboxylic acids is 2. The minimum atomic E-state index is -1.15. The maximum absolute atomic E-state index is 13.6. The van der Waals surface area contributed by atoms with Crippen molar-refractivity contribution < 1.29 is 33.7 Å². The summed E-state index contributed by atoms with van der Waals surface area (Å²) < 4.78 is 17.0. The van der Waals surface area contributed by atoms with E-state index in [2.05, 4.69) is 0 Å². The van der Waals surface area contributed by atoms with E-state index in [0.29, 0.717) is 0 Å². The molecule has 3 atom stereocenters. The quantitative estimate of drug-likeness (QED) is 0.558. The number of nitrogens with zero attached hydrogens (tertiary/aromatic N) is 2. The Morgan fingerprint density at radius 1 is 1.03 bits per heavy atom. The predicted molar refractivity (Wildman–Crippen MR) is 141 cm³/mol. The molecule has 2 aliphatic rings. The minimum absolute atomic E-state index is 0.0551. The van der Waals surface area contributed by atoms with E-state index in [1.807, 2.05) is 48.5 Å². The molecular weight excluding hydrogens is 488 g/mol. The molecule has 0 aromatic heterocycles. The maximum atomic E-state index is 13.6. The summed E-state index contributed by atoms with van der Waals surface area (Å²) >= 11 is 0. The van der Waals surface area contributed by atoms with Gasteiger partial charge in [0.2, 0.25) is 0 Å². The number of ether oxygens (including phenoxy) is 3. The molecule has 38 heavy (non-hydrogen) atoms. The monoisotopic (exact) mass is 524 g/mol. The Labute approximate surface area is 223 Å². The lowest BCUT2D eigenvalue weighted by molar-refractivity contribution is -0.144. The van der Waals surface area contributed by atoms with Gasteiger partial charge in [-0.2, -0.15) is 0 Å². The van der Waals surface area contributed by atoms with Crippen molar-refractivity contribution in [3.63, 3.8) is 0 Å². The molecule has 9 heteroatoms. The number of methoxy groups -OCH3 is 1. The number of amides is 2. The molecule has 204 valence electrons. The molecule has 1 unspecified atom stereocenters. The first-order valence-corrected chi connectivity index (χ1v) is 12.9. The highest BCUT2D eigenvalue weighted by Gasteiger charge is 2.46. The molecule has 4 rings (SSSR count). The van der Waals surface area contributed by atoms with Crippen LogP contribution in [0.3, 0.4) is 0 Å². The molecule has 2 aromatic carbocycles. The van der Waals surface area contributed by atoms with Crippen molar-refractivity contribution >= 4 is 18.2 Å². The van der Waals surface area contributed by atoms with Crippen molar-refractivity contribution in [2.45, 2.75) is 63.8 Å². The number of rotatable bonds is 7. The Hall–Kier alpha value is -3.59. The zero-order chi connectivity index (χ0) is 27.6. The van der Waals surface area contributed by atoms with Crippen LogP contribution < -0.4 is 0 Å². The smallest absolute Gasteiger partial charge is 0.410 e. The molecule has 2 aromatic rings. The van der Waals surface area contributed by atoms with Gasteiger partial charge in [0.25, 0.3) is 0 Å². The highest BCUT2D eigenvalue weighted by Crippen LogP contribution is 2.44. The lowest BCUT2D eigenvalue weighted by Gasteiger charge is -2.35. The molecule has 1 fully saturated rings. The van der Waals surface area contributed by atoms with Crippen LogP contribution in [0.15, 0.2) is 48.5 Å². The molecule has 1 aliphatic heterocycles. The Kier molecular flexibility index (Phi) is 7.97. The van der Waals surface area contributed by atoms with Crippen molar-refractivity contribution in [3.05, 3.63) is 59.7 Å². The second-order valence-corrected chi connectivity index (χ2v) is 10.7. The number of hydrogen-bond donors (Lipinski definition) is 1. The molecule has 1 aliphatic carbocycles. The van der Waals surface area contributed by atoms with Crippen LogP contribution in [0.4, 0.5) is 9.59 Å². The lowest BCUT2D eigenvalue weighted by atomic mass is 9.98. The number of benzene rings is 2. The van der Waals surface area contributed by atoms with Crippen molar-refractivity contribution in [2.24, 2.45) is 0 Å². The molecule has 0 spiro atoms. The van der Waals surface area contributed by atoms with Gasteiger partial charge in [0.15, 0.2) is 0 Å². The average Bonchev–Trinajstić information content (AvgIpc) is 3.44. The van der Waals surface area contributed by atoms with Crippen LogP contribution in [0.2, 0.25) is 0 Å². The van der Waals surface area contributed by atoms with Crippen molar-refractivity contribution in [2.75, 3.05) is 26.8 Å². The molecule has 1 saturated heterocycles. The molecule has 0 bridgehead atoms. The Bertz CT molecular complexity index is 1150. The molecule has 0 saturated carbocycles. The number of likely N-dealkylation sites (tertiary alicyclic amines) is 1. The summed E-state index contributed by atoms with van der Waals surface area (Å²) in [5.74, 6) is -1.32. The number of fused-ring (bicyclic) bond motifs is 3. The van der Waals surface area contributed by atoms with E-state index in [1.54, 1.807) is 27.7 Å². The average molecular weight is 525 g/mol. The van der Waals surface area contributed by atoms with Crippen molar-refractivity contribution in [1.29, 1.82) is 0 Å². The summed E-state index contributed by atoms with van der Waals surface area (Å²) in [5.41, 5.74) is 3.62. The minimum Gasteiger partial charge on any atom is -0.480 e. The van der Waals surface area contributed by atoms with Gasteiger partial charge in [-0.1, -0.05) is 55.5 Å². The van der Waals surface area contributed by atoms with E-state index in [1.165, 1.54) is 16.9 Å². The standard InChI is InChI=1S/C29H36N2O7/c1-6-23(26(32)33)31(24-15-30(16-25(24)36-5)27(34)38-29(2,3)4)28(35)37-17-22-20-13-9-7-11-18(20)19-12-8-10-14-21(19)22/h7-14,22-25H,6,15-17H2,1-5H3,(H,32,33)/t23?,24-,25-/m1/s1. The van der Waals surface area contributed by atoms with Gasteiger partial charge in [-0.05, 0) is 49.4 Å². The van der Waals surface area contributed by atoms with E-state index in [0.717, 1.165) is 22.3 Å². The van der Waals surface area contributed by atoms with Gasteiger partial charge in [-0.15, -0.1) is 0 Å². The van der Waals surface area contributed by atoms with Crippen LogP contribution >= 0.6 is 0 Å². The third-order valence-electron chi connectivity index (χ3n) is 7.10. The summed E-state index contributed by atoms with van der Waals surface area (Å²) in [6, 6.07) is 14.1. The normalized spacial score (nSPS) is 19.4. The molecular formula is C29H36N2O7. The predicted octanol–water partition coefficient (Wildman–Crippen LogP) is 4.74. The number of carboxylic acid groups (broad SMARTS) is 1. The van der Waals surface area contributed by atoms with Gasteiger partial charge >= 0.3 is 18.2 Å². The zero-order valence-electron chi connectivity index (χ0n) is 22.5. The first-order chi connectivity index (χ1) is 18.1. The third-order valence-corrected chi connectivity index (χ3v) is 7.10. The van der Waals surface area contributed by atoms with Crippen molar-refractivity contribution in [1.82, 2.24) is 9.80 Å². The van der Waals surface area contributed by atoms with E-state index >= 15 is 0 Å². The molecule has 1 heterocycles. The number of carbonyl (C=O) groups is 3. The fourth-order valence-electron chi connectivity index (χ4n) is 5.38. The summed E-state index contributed by atoms with van der Waals surface area (Å²) in [6.45, 7) is 7.30. The summed E-state index contributed by atoms with van der Waals surface area (Å²) in [5, 5.41) is 9.98. The fraction of sp³-hybridized carbons (Fsp3) is 0.483. The van der Waals surface area contributed by atoms with Crippen LogP contribution in [0.5, 0.6) is 0 Å². The molecule has 9 nitrogen and oxygen atoms in total. The first-order valence-electron chi connectivity index (χ1n) is 12.9. The van der Waals surface area contributed by atoms with Gasteiger partial charge in [-0.25, -0.2) is 14.4 Å². The fourth-order valence-corrected chi connectivity index (χ4v) is 5.38. The van der Waals surface area contributed by atoms with E-state index in [-0.39, 0.29) is 32.0 Å². The Morgan fingerprint density at radius 2 is 1.61 bits per heavy atom. The van der Waals surface area contributed by atoms with Crippen LogP contribution in [0.1, 0.15) is 51.2 Å². The third kappa shape index (κ3) is 5.48. The lowest BCUT2D eigenvalue weighted by Crippen LogP contribution is -2.55. The molecule has 0 radical (unpaired) electrons. The number of carboxylic acids is 1. The Balaban J connectivity index is 1.57. The second kappa shape index (κ2) is 11.0. The highest BCUT2D eigenvalue weighted by atomic mass is 16.6. The molecule has 1 N–H and O–H groups in total. The maximum Gasteiger partial charge on any atom is 0.410 e. The topological polar surface area (TPSA) is 106 Å². The van der Waals surface area contributed by atoms with Gasteiger partial charge in [0, 0.05) is 19.6 Å². The zero-order valence-corrected chi connectivity index (χ0v) is 22.5. The van der Waals surface area contributed by atoms with Crippen LogP contribution in [-0.2, 0) is 19.0 Å². The number of hydrogen-bond acceptors (Lipinski definition) is 6. The second-order valence-electron chi connectivity index (χ2n) is 10.7. The Morgan fingerprint density at radius 3 is 2.11 bits per heavy atom. The summed E-state index contributed by atoms with van der Waals surface area (Å²) in [4.78, 5) is 41.3. The van der Waals surface area contributed by atoms with Gasteiger partial charge in [-0.3, -0.25) is 4.90 Å².